The maximum atomic E-state index is 4.55. The number of aromatic nitrogens is 2. The number of hydrogen-bond acceptors (Lipinski definition) is 2. The highest BCUT2D eigenvalue weighted by Crippen LogP contribution is 2.35. The van der Waals surface area contributed by atoms with Crippen LogP contribution in [0.15, 0.2) is 12.4 Å². The SMILES string of the molecule is CCC1CCC(n2ccnc2NC2CCCC2)CC1. The summed E-state index contributed by atoms with van der Waals surface area (Å²) in [7, 11) is 0. The Morgan fingerprint density at radius 1 is 1.16 bits per heavy atom. The largest absolute Gasteiger partial charge is 0.353 e. The van der Waals surface area contributed by atoms with Gasteiger partial charge in [0.05, 0.1) is 0 Å². The van der Waals surface area contributed by atoms with Crippen LogP contribution in [0.5, 0.6) is 0 Å². The number of imidazole rings is 1. The van der Waals surface area contributed by atoms with Gasteiger partial charge < -0.3 is 9.88 Å². The highest BCUT2D eigenvalue weighted by molar-refractivity contribution is 5.29. The Bertz CT molecular complexity index is 384. The van der Waals surface area contributed by atoms with Crippen molar-refractivity contribution in [3.63, 3.8) is 0 Å². The molecule has 0 amide bonds. The Kier molecular flexibility index (Phi) is 4.09. The molecule has 0 aromatic carbocycles. The van der Waals surface area contributed by atoms with Crippen molar-refractivity contribution in [2.24, 2.45) is 5.92 Å². The van der Waals surface area contributed by atoms with Crippen molar-refractivity contribution < 1.29 is 0 Å². The summed E-state index contributed by atoms with van der Waals surface area (Å²) in [5.74, 6) is 2.08. The molecule has 2 aliphatic carbocycles. The van der Waals surface area contributed by atoms with E-state index in [-0.39, 0.29) is 0 Å². The van der Waals surface area contributed by atoms with Crippen molar-refractivity contribution in [3.05, 3.63) is 12.4 Å². The van der Waals surface area contributed by atoms with Gasteiger partial charge in [-0.3, -0.25) is 0 Å². The van der Waals surface area contributed by atoms with E-state index >= 15 is 0 Å². The fraction of sp³-hybridized carbons (Fsp3) is 0.812. The Hall–Kier alpha value is -0.990. The third-order valence-electron chi connectivity index (χ3n) is 5.14. The zero-order valence-corrected chi connectivity index (χ0v) is 12.1. The molecule has 0 aliphatic heterocycles. The van der Waals surface area contributed by atoms with Crippen LogP contribution in [0.3, 0.4) is 0 Å². The zero-order chi connectivity index (χ0) is 13.1. The van der Waals surface area contributed by atoms with Crippen LogP contribution in [0.2, 0.25) is 0 Å². The molecule has 0 radical (unpaired) electrons. The van der Waals surface area contributed by atoms with Gasteiger partial charge in [-0.05, 0) is 44.4 Å². The predicted octanol–water partition coefficient (Wildman–Crippen LogP) is 4.38. The summed E-state index contributed by atoms with van der Waals surface area (Å²) in [4.78, 5) is 4.55. The van der Waals surface area contributed by atoms with Gasteiger partial charge in [0, 0.05) is 24.5 Å². The Balaban J connectivity index is 1.63. The van der Waals surface area contributed by atoms with Crippen molar-refractivity contribution in [1.82, 2.24) is 9.55 Å². The molecular weight excluding hydrogens is 234 g/mol. The van der Waals surface area contributed by atoms with Crippen LogP contribution in [-0.2, 0) is 0 Å². The smallest absolute Gasteiger partial charge is 0.203 e. The monoisotopic (exact) mass is 261 g/mol. The number of anilines is 1. The van der Waals surface area contributed by atoms with E-state index in [9.17, 15) is 0 Å². The molecule has 19 heavy (non-hydrogen) atoms. The van der Waals surface area contributed by atoms with E-state index < -0.39 is 0 Å². The normalized spacial score (nSPS) is 28.7. The van der Waals surface area contributed by atoms with Gasteiger partial charge in [-0.1, -0.05) is 26.2 Å². The fourth-order valence-corrected chi connectivity index (χ4v) is 3.80. The van der Waals surface area contributed by atoms with E-state index in [0.29, 0.717) is 12.1 Å². The van der Waals surface area contributed by atoms with Crippen molar-refractivity contribution >= 4 is 5.95 Å². The molecule has 0 atom stereocenters. The summed E-state index contributed by atoms with van der Waals surface area (Å²) in [5, 5.41) is 3.66. The van der Waals surface area contributed by atoms with Gasteiger partial charge in [-0.2, -0.15) is 0 Å². The first kappa shape index (κ1) is 13.0. The molecule has 0 bridgehead atoms. The van der Waals surface area contributed by atoms with E-state index in [1.807, 2.05) is 6.20 Å². The molecule has 1 N–H and O–H groups in total. The molecule has 2 aliphatic rings. The fourth-order valence-electron chi connectivity index (χ4n) is 3.80. The minimum Gasteiger partial charge on any atom is -0.353 e. The molecule has 2 fully saturated rings. The first-order valence-electron chi connectivity index (χ1n) is 8.16. The summed E-state index contributed by atoms with van der Waals surface area (Å²) in [6.07, 6.45) is 16.3. The van der Waals surface area contributed by atoms with E-state index in [4.69, 9.17) is 0 Å². The molecule has 106 valence electrons. The summed E-state index contributed by atoms with van der Waals surface area (Å²) in [5.41, 5.74) is 0. The zero-order valence-electron chi connectivity index (χ0n) is 12.1. The maximum Gasteiger partial charge on any atom is 0.203 e. The van der Waals surface area contributed by atoms with Gasteiger partial charge >= 0.3 is 0 Å². The second-order valence-electron chi connectivity index (χ2n) is 6.37. The third-order valence-corrected chi connectivity index (χ3v) is 5.14. The topological polar surface area (TPSA) is 29.9 Å². The highest BCUT2D eigenvalue weighted by Gasteiger charge is 2.24. The Morgan fingerprint density at radius 2 is 1.89 bits per heavy atom. The molecular formula is C16H27N3. The van der Waals surface area contributed by atoms with Gasteiger partial charge in [0.25, 0.3) is 0 Å². The van der Waals surface area contributed by atoms with Gasteiger partial charge in [-0.15, -0.1) is 0 Å². The van der Waals surface area contributed by atoms with Crippen molar-refractivity contribution in [2.45, 2.75) is 76.8 Å². The molecule has 0 unspecified atom stereocenters. The molecule has 3 rings (SSSR count). The first-order valence-corrected chi connectivity index (χ1v) is 8.16. The molecule has 1 aromatic rings. The average molecular weight is 261 g/mol. The lowest BCUT2D eigenvalue weighted by Gasteiger charge is -2.30. The van der Waals surface area contributed by atoms with Crippen LogP contribution < -0.4 is 5.32 Å². The second-order valence-corrected chi connectivity index (χ2v) is 6.37. The molecule has 3 nitrogen and oxygen atoms in total. The molecule has 3 heteroatoms. The predicted molar refractivity (Wildman–Crippen MR) is 79.4 cm³/mol. The maximum absolute atomic E-state index is 4.55. The lowest BCUT2D eigenvalue weighted by molar-refractivity contribution is 0.271. The molecule has 0 saturated heterocycles. The summed E-state index contributed by atoms with van der Waals surface area (Å²) in [6.45, 7) is 2.33. The minimum absolute atomic E-state index is 0.660. The number of nitrogens with zero attached hydrogens (tertiary/aromatic N) is 2. The number of nitrogens with one attached hydrogen (secondary N) is 1. The van der Waals surface area contributed by atoms with Gasteiger partial charge in [0.2, 0.25) is 5.95 Å². The minimum atomic E-state index is 0.660. The lowest BCUT2D eigenvalue weighted by Crippen LogP contribution is -2.22. The quantitative estimate of drug-likeness (QED) is 0.871. The standard InChI is InChI=1S/C16H27N3/c1-2-13-7-9-15(10-8-13)19-12-11-17-16(19)18-14-5-3-4-6-14/h11-15H,2-10H2,1H3,(H,17,18). The lowest BCUT2D eigenvalue weighted by atomic mass is 9.84. The van der Waals surface area contributed by atoms with Crippen LogP contribution in [-0.4, -0.2) is 15.6 Å². The average Bonchev–Trinajstić information content (AvgIpc) is 3.11. The van der Waals surface area contributed by atoms with E-state index in [1.165, 1.54) is 57.8 Å². The summed E-state index contributed by atoms with van der Waals surface area (Å²) >= 11 is 0. The van der Waals surface area contributed by atoms with Gasteiger partial charge in [0.15, 0.2) is 0 Å². The highest BCUT2D eigenvalue weighted by atomic mass is 15.2. The van der Waals surface area contributed by atoms with E-state index in [2.05, 4.69) is 28.0 Å². The van der Waals surface area contributed by atoms with Crippen LogP contribution in [0.25, 0.3) is 0 Å². The summed E-state index contributed by atoms with van der Waals surface area (Å²) in [6, 6.07) is 1.34. The summed E-state index contributed by atoms with van der Waals surface area (Å²) < 4.78 is 2.41. The van der Waals surface area contributed by atoms with Gasteiger partial charge in [0.1, 0.15) is 0 Å². The van der Waals surface area contributed by atoms with Crippen LogP contribution in [0.1, 0.15) is 70.8 Å². The molecule has 2 saturated carbocycles. The van der Waals surface area contributed by atoms with E-state index in [0.717, 1.165) is 11.9 Å². The molecule has 1 aromatic heterocycles. The number of hydrogen-bond donors (Lipinski definition) is 1. The van der Waals surface area contributed by atoms with Gasteiger partial charge in [-0.25, -0.2) is 4.98 Å². The number of rotatable bonds is 4. The second kappa shape index (κ2) is 5.98. The Labute approximate surface area is 116 Å². The van der Waals surface area contributed by atoms with Crippen LogP contribution in [0.4, 0.5) is 5.95 Å². The first-order chi connectivity index (χ1) is 9.36. The van der Waals surface area contributed by atoms with E-state index in [1.54, 1.807) is 0 Å². The van der Waals surface area contributed by atoms with Crippen molar-refractivity contribution in [2.75, 3.05) is 5.32 Å². The van der Waals surface area contributed by atoms with Crippen LogP contribution >= 0.6 is 0 Å². The van der Waals surface area contributed by atoms with Crippen molar-refractivity contribution in [1.29, 1.82) is 0 Å². The Morgan fingerprint density at radius 3 is 2.58 bits per heavy atom. The molecule has 1 heterocycles. The van der Waals surface area contributed by atoms with Crippen molar-refractivity contribution in [3.8, 4) is 0 Å². The van der Waals surface area contributed by atoms with Crippen LogP contribution in [0, 0.1) is 5.92 Å². The third kappa shape index (κ3) is 2.96. The molecule has 0 spiro atoms.